The number of carboxylic acid groups (broad SMARTS) is 2. The van der Waals surface area contributed by atoms with Gasteiger partial charge in [0.15, 0.2) is 0 Å². The summed E-state index contributed by atoms with van der Waals surface area (Å²) in [7, 11) is 0. The molecular formula is C22H20F7N3O4. The van der Waals surface area contributed by atoms with E-state index < -0.39 is 24.3 Å². The van der Waals surface area contributed by atoms with Gasteiger partial charge in [0.1, 0.15) is 5.82 Å². The first-order valence-electron chi connectivity index (χ1n) is 9.97. The van der Waals surface area contributed by atoms with E-state index in [2.05, 4.69) is 11.1 Å². The highest BCUT2D eigenvalue weighted by Gasteiger charge is 2.38. The first-order chi connectivity index (χ1) is 16.7. The van der Waals surface area contributed by atoms with Gasteiger partial charge in [-0.05, 0) is 50.1 Å². The number of aliphatic carboxylic acids is 2. The first kappa shape index (κ1) is 30.2. The molecule has 2 aromatic heterocycles. The summed E-state index contributed by atoms with van der Waals surface area (Å²) in [6.45, 7) is 0.686. The number of pyridine rings is 2. The normalized spacial score (nSPS) is 11.1. The number of carbonyl (C=O) groups is 2. The van der Waals surface area contributed by atoms with Crippen molar-refractivity contribution in [2.24, 2.45) is 5.73 Å². The molecule has 0 saturated carbocycles. The van der Waals surface area contributed by atoms with Crippen LogP contribution in [0, 0.1) is 5.82 Å². The van der Waals surface area contributed by atoms with Crippen molar-refractivity contribution in [3.63, 3.8) is 0 Å². The number of nitrogens with zero attached hydrogens (tertiary/aromatic N) is 2. The van der Waals surface area contributed by atoms with Gasteiger partial charge in [-0.1, -0.05) is 18.2 Å². The molecule has 0 aliphatic heterocycles. The summed E-state index contributed by atoms with van der Waals surface area (Å²) in [5.41, 5.74) is 8.83. The number of hydrogen-bond acceptors (Lipinski definition) is 5. The summed E-state index contributed by atoms with van der Waals surface area (Å²) in [5, 5.41) is 15.3. The van der Waals surface area contributed by atoms with E-state index in [4.69, 9.17) is 30.5 Å². The minimum absolute atomic E-state index is 0.267. The Hall–Kier alpha value is -3.81. The fourth-order valence-electron chi connectivity index (χ4n) is 2.56. The van der Waals surface area contributed by atoms with Crippen LogP contribution in [0.15, 0.2) is 48.7 Å². The molecule has 0 unspecified atom stereocenters. The van der Waals surface area contributed by atoms with Crippen LogP contribution in [-0.4, -0.2) is 51.0 Å². The predicted molar refractivity (Wildman–Crippen MR) is 114 cm³/mol. The van der Waals surface area contributed by atoms with Gasteiger partial charge in [-0.15, -0.1) is 0 Å². The minimum atomic E-state index is -5.08. The van der Waals surface area contributed by atoms with Crippen molar-refractivity contribution >= 4 is 22.8 Å². The number of hydrogen-bond donors (Lipinski definition) is 3. The second kappa shape index (κ2) is 13.3. The number of alkyl halides is 6. The van der Waals surface area contributed by atoms with Crippen LogP contribution in [0.5, 0.6) is 0 Å². The summed E-state index contributed by atoms with van der Waals surface area (Å²) in [5.74, 6) is -5.78. The molecule has 2 heterocycles. The lowest BCUT2D eigenvalue weighted by atomic mass is 10.1. The van der Waals surface area contributed by atoms with Crippen molar-refractivity contribution in [2.75, 3.05) is 6.54 Å². The van der Waals surface area contributed by atoms with Crippen LogP contribution in [0.4, 0.5) is 30.7 Å². The number of benzene rings is 1. The number of aryl methyl sites for hydroxylation is 1. The van der Waals surface area contributed by atoms with E-state index in [-0.39, 0.29) is 5.82 Å². The summed E-state index contributed by atoms with van der Waals surface area (Å²) in [4.78, 5) is 26.9. The molecule has 0 bridgehead atoms. The number of unbranched alkanes of at least 4 members (excludes halogenated alkanes) is 1. The lowest BCUT2D eigenvalue weighted by Gasteiger charge is -2.09. The Kier molecular flexibility index (Phi) is 11.2. The summed E-state index contributed by atoms with van der Waals surface area (Å²) < 4.78 is 77.0. The van der Waals surface area contributed by atoms with E-state index in [9.17, 15) is 30.7 Å². The van der Waals surface area contributed by atoms with Crippen LogP contribution >= 0.6 is 0 Å². The van der Waals surface area contributed by atoms with Crippen LogP contribution in [-0.2, 0) is 16.0 Å². The Bertz CT molecular complexity index is 1140. The van der Waals surface area contributed by atoms with Crippen molar-refractivity contribution in [1.82, 2.24) is 9.97 Å². The third kappa shape index (κ3) is 10.2. The van der Waals surface area contributed by atoms with Crippen molar-refractivity contribution in [3.05, 3.63) is 60.2 Å². The molecule has 3 rings (SSSR count). The molecule has 0 fully saturated rings. The van der Waals surface area contributed by atoms with Crippen LogP contribution in [0.1, 0.15) is 18.5 Å². The van der Waals surface area contributed by atoms with Gasteiger partial charge >= 0.3 is 24.3 Å². The third-order valence-electron chi connectivity index (χ3n) is 4.11. The highest BCUT2D eigenvalue weighted by atomic mass is 19.4. The SMILES string of the molecule is NCCCCc1cc2cccnc2c(-c2cccc(F)c2)n1.O=C(O)C(F)(F)F.O=C(O)C(F)(F)F. The molecule has 0 atom stereocenters. The lowest BCUT2D eigenvalue weighted by molar-refractivity contribution is -0.193. The Labute approximate surface area is 199 Å². The molecule has 0 saturated heterocycles. The monoisotopic (exact) mass is 523 g/mol. The van der Waals surface area contributed by atoms with Gasteiger partial charge in [0, 0.05) is 22.8 Å². The fourth-order valence-corrected chi connectivity index (χ4v) is 2.56. The Morgan fingerprint density at radius 3 is 1.97 bits per heavy atom. The molecule has 0 spiro atoms. The topological polar surface area (TPSA) is 126 Å². The van der Waals surface area contributed by atoms with Gasteiger partial charge in [0.25, 0.3) is 0 Å². The number of rotatable bonds is 5. The molecule has 1 aromatic carbocycles. The summed E-state index contributed by atoms with van der Waals surface area (Å²) >= 11 is 0. The number of aromatic nitrogens is 2. The first-order valence-corrected chi connectivity index (χ1v) is 9.97. The minimum Gasteiger partial charge on any atom is -0.475 e. The van der Waals surface area contributed by atoms with Gasteiger partial charge in [0.2, 0.25) is 0 Å². The van der Waals surface area contributed by atoms with Crippen molar-refractivity contribution in [3.8, 4) is 11.3 Å². The molecule has 0 amide bonds. The Morgan fingerprint density at radius 1 is 0.889 bits per heavy atom. The second-order valence-corrected chi connectivity index (χ2v) is 6.90. The van der Waals surface area contributed by atoms with Gasteiger partial charge in [0.05, 0.1) is 11.2 Å². The highest BCUT2D eigenvalue weighted by molar-refractivity contribution is 5.91. The third-order valence-corrected chi connectivity index (χ3v) is 4.11. The molecular weight excluding hydrogens is 503 g/mol. The summed E-state index contributed by atoms with van der Waals surface area (Å²) in [6, 6.07) is 12.5. The molecule has 196 valence electrons. The van der Waals surface area contributed by atoms with Crippen LogP contribution < -0.4 is 5.73 Å². The van der Waals surface area contributed by atoms with E-state index in [0.717, 1.165) is 47.1 Å². The van der Waals surface area contributed by atoms with E-state index in [1.807, 2.05) is 18.2 Å². The van der Waals surface area contributed by atoms with Gasteiger partial charge in [-0.2, -0.15) is 26.3 Å². The molecule has 0 aliphatic carbocycles. The fraction of sp³-hybridized carbons (Fsp3) is 0.273. The van der Waals surface area contributed by atoms with Crippen LogP contribution in [0.25, 0.3) is 22.2 Å². The van der Waals surface area contributed by atoms with Crippen molar-refractivity contribution in [1.29, 1.82) is 0 Å². The predicted octanol–water partition coefficient (Wildman–Crippen LogP) is 4.98. The number of halogens is 7. The number of carboxylic acids is 2. The van der Waals surface area contributed by atoms with E-state index in [1.165, 1.54) is 12.1 Å². The van der Waals surface area contributed by atoms with E-state index >= 15 is 0 Å². The zero-order valence-corrected chi connectivity index (χ0v) is 18.3. The van der Waals surface area contributed by atoms with Gasteiger partial charge in [-0.25, -0.2) is 14.0 Å². The molecule has 14 heteroatoms. The maximum absolute atomic E-state index is 13.5. The largest absolute Gasteiger partial charge is 0.490 e. The van der Waals surface area contributed by atoms with Crippen LogP contribution in [0.2, 0.25) is 0 Å². The molecule has 7 nitrogen and oxygen atoms in total. The zero-order valence-electron chi connectivity index (χ0n) is 18.3. The maximum atomic E-state index is 13.5. The smallest absolute Gasteiger partial charge is 0.475 e. The maximum Gasteiger partial charge on any atom is 0.490 e. The van der Waals surface area contributed by atoms with Crippen molar-refractivity contribution < 1.29 is 50.5 Å². The number of fused-ring (bicyclic) bond motifs is 1. The number of nitrogens with two attached hydrogens (primary N) is 1. The highest BCUT2D eigenvalue weighted by Crippen LogP contribution is 2.27. The zero-order chi connectivity index (χ0) is 27.5. The average molecular weight is 523 g/mol. The average Bonchev–Trinajstić information content (AvgIpc) is 2.78. The Balaban J connectivity index is 0.000000383. The second-order valence-electron chi connectivity index (χ2n) is 6.90. The summed E-state index contributed by atoms with van der Waals surface area (Å²) in [6.07, 6.45) is -5.59. The molecule has 0 radical (unpaired) electrons. The van der Waals surface area contributed by atoms with Crippen molar-refractivity contribution in [2.45, 2.75) is 31.6 Å². The van der Waals surface area contributed by atoms with Gasteiger partial charge in [-0.3, -0.25) is 9.97 Å². The van der Waals surface area contributed by atoms with Gasteiger partial charge < -0.3 is 15.9 Å². The quantitative estimate of drug-likeness (QED) is 0.318. The Morgan fingerprint density at radius 2 is 1.47 bits per heavy atom. The molecule has 36 heavy (non-hydrogen) atoms. The molecule has 0 aliphatic rings. The standard InChI is InChI=1S/C18H18FN3.2C2HF3O2/c19-15-7-3-5-13(11-15)18-17-14(6-4-10-21-17)12-16(22-18)8-1-2-9-20;2*3-2(4,5)1(6)7/h3-7,10-12H,1-2,8-9,20H2;2*(H,6,7). The molecule has 3 aromatic rings. The molecule has 4 N–H and O–H groups in total. The van der Waals surface area contributed by atoms with Crippen LogP contribution in [0.3, 0.4) is 0 Å². The van der Waals surface area contributed by atoms with E-state index in [1.54, 1.807) is 12.3 Å². The van der Waals surface area contributed by atoms with E-state index in [0.29, 0.717) is 6.54 Å². The lowest BCUT2D eigenvalue weighted by Crippen LogP contribution is -2.21.